The third-order valence-electron chi connectivity index (χ3n) is 2.01. The molecule has 0 aromatic carbocycles. The van der Waals surface area contributed by atoms with Crippen molar-refractivity contribution in [2.24, 2.45) is 0 Å². The summed E-state index contributed by atoms with van der Waals surface area (Å²) in [6.07, 6.45) is 2.95. The van der Waals surface area contributed by atoms with Gasteiger partial charge in [-0.15, -0.1) is 0 Å². The van der Waals surface area contributed by atoms with Crippen LogP contribution in [0.1, 0.15) is 31.2 Å². The van der Waals surface area contributed by atoms with Crippen molar-refractivity contribution < 1.29 is 12.6 Å². The summed E-state index contributed by atoms with van der Waals surface area (Å²) in [6, 6.07) is 3.75. The zero-order valence-electron chi connectivity index (χ0n) is 9.10. The van der Waals surface area contributed by atoms with Gasteiger partial charge in [0.15, 0.2) is 0 Å². The Morgan fingerprint density at radius 3 is 2.73 bits per heavy atom. The Labute approximate surface area is 90.4 Å². The lowest BCUT2D eigenvalue weighted by Crippen LogP contribution is -2.10. The lowest BCUT2D eigenvalue weighted by molar-refractivity contribution is 0.230. The highest BCUT2D eigenvalue weighted by Crippen LogP contribution is 2.20. The summed E-state index contributed by atoms with van der Waals surface area (Å²) in [7, 11) is -3.44. The van der Waals surface area contributed by atoms with Crippen molar-refractivity contribution in [3.63, 3.8) is 0 Å². The van der Waals surface area contributed by atoms with Gasteiger partial charge in [-0.25, -0.2) is 0 Å². The maximum atomic E-state index is 11.0. The molecule has 1 aromatic rings. The fourth-order valence-corrected chi connectivity index (χ4v) is 2.04. The minimum Gasteiger partial charge on any atom is -0.261 e. The first kappa shape index (κ1) is 12.1. The van der Waals surface area contributed by atoms with Crippen molar-refractivity contribution in [3.05, 3.63) is 29.6 Å². The number of pyridine rings is 1. The van der Waals surface area contributed by atoms with Crippen LogP contribution in [-0.4, -0.2) is 19.7 Å². The molecule has 0 N–H and O–H groups in total. The number of hydrogen-bond donors (Lipinski definition) is 0. The van der Waals surface area contributed by atoms with Crippen LogP contribution < -0.4 is 0 Å². The standard InChI is InChI=1S/C10H15NO3S/c1-4-9-6-5-7-11-10(9)8(2)14-15(3,12)13/h5-8H,4H2,1-3H3. The highest BCUT2D eigenvalue weighted by atomic mass is 32.2. The summed E-state index contributed by atoms with van der Waals surface area (Å²) < 4.78 is 26.8. The number of hydrogen-bond acceptors (Lipinski definition) is 4. The van der Waals surface area contributed by atoms with Crippen LogP contribution in [0.2, 0.25) is 0 Å². The van der Waals surface area contributed by atoms with E-state index in [1.54, 1.807) is 13.1 Å². The largest absolute Gasteiger partial charge is 0.265 e. The van der Waals surface area contributed by atoms with Crippen LogP contribution in [0.3, 0.4) is 0 Å². The number of aryl methyl sites for hydroxylation is 1. The third-order valence-corrected chi connectivity index (χ3v) is 2.65. The molecule has 0 aliphatic carbocycles. The smallest absolute Gasteiger partial charge is 0.261 e. The highest BCUT2D eigenvalue weighted by Gasteiger charge is 2.16. The van der Waals surface area contributed by atoms with Crippen molar-refractivity contribution in [2.45, 2.75) is 26.4 Å². The molecule has 4 nitrogen and oxygen atoms in total. The summed E-state index contributed by atoms with van der Waals surface area (Å²) in [4.78, 5) is 4.14. The van der Waals surface area contributed by atoms with Gasteiger partial charge in [0.2, 0.25) is 0 Å². The average molecular weight is 229 g/mol. The summed E-state index contributed by atoms with van der Waals surface area (Å²) >= 11 is 0. The monoisotopic (exact) mass is 229 g/mol. The molecule has 0 saturated heterocycles. The molecule has 0 spiro atoms. The minimum atomic E-state index is -3.44. The predicted molar refractivity (Wildman–Crippen MR) is 58.0 cm³/mol. The normalized spacial score (nSPS) is 13.8. The molecule has 5 heteroatoms. The van der Waals surface area contributed by atoms with E-state index in [9.17, 15) is 8.42 Å². The molecular formula is C10H15NO3S. The quantitative estimate of drug-likeness (QED) is 0.737. The van der Waals surface area contributed by atoms with Gasteiger partial charge in [-0.3, -0.25) is 9.17 Å². The number of rotatable bonds is 4. The van der Waals surface area contributed by atoms with Gasteiger partial charge >= 0.3 is 0 Å². The molecule has 0 radical (unpaired) electrons. The van der Waals surface area contributed by atoms with Gasteiger partial charge in [-0.05, 0) is 25.0 Å². The SMILES string of the molecule is CCc1cccnc1C(C)OS(C)(=O)=O. The topological polar surface area (TPSA) is 56.3 Å². The van der Waals surface area contributed by atoms with Crippen LogP contribution in [0.4, 0.5) is 0 Å². The van der Waals surface area contributed by atoms with Crippen LogP contribution in [0.15, 0.2) is 18.3 Å². The van der Waals surface area contributed by atoms with Gasteiger partial charge in [0, 0.05) is 6.20 Å². The Morgan fingerprint density at radius 1 is 1.53 bits per heavy atom. The molecule has 1 heterocycles. The Hall–Kier alpha value is -0.940. The average Bonchev–Trinajstić information content (AvgIpc) is 2.15. The fourth-order valence-electron chi connectivity index (χ4n) is 1.42. The summed E-state index contributed by atoms with van der Waals surface area (Å²) in [5.74, 6) is 0. The Balaban J connectivity index is 2.95. The molecular weight excluding hydrogens is 214 g/mol. The van der Waals surface area contributed by atoms with E-state index < -0.39 is 16.2 Å². The van der Waals surface area contributed by atoms with E-state index in [1.165, 1.54) is 0 Å². The zero-order valence-corrected chi connectivity index (χ0v) is 9.91. The molecule has 1 rings (SSSR count). The molecule has 0 fully saturated rings. The maximum absolute atomic E-state index is 11.0. The van der Waals surface area contributed by atoms with E-state index >= 15 is 0 Å². The Morgan fingerprint density at radius 2 is 2.20 bits per heavy atom. The molecule has 1 unspecified atom stereocenters. The second-order valence-electron chi connectivity index (χ2n) is 3.34. The molecule has 84 valence electrons. The molecule has 1 atom stereocenters. The van der Waals surface area contributed by atoms with Crippen molar-refractivity contribution in [1.82, 2.24) is 4.98 Å². The molecule has 0 saturated carbocycles. The van der Waals surface area contributed by atoms with Gasteiger partial charge in [-0.2, -0.15) is 8.42 Å². The minimum absolute atomic E-state index is 0.531. The fraction of sp³-hybridized carbons (Fsp3) is 0.500. The van der Waals surface area contributed by atoms with Crippen molar-refractivity contribution in [3.8, 4) is 0 Å². The van der Waals surface area contributed by atoms with Crippen molar-refractivity contribution in [2.75, 3.05) is 6.26 Å². The molecule has 0 amide bonds. The van der Waals surface area contributed by atoms with Gasteiger partial charge in [-0.1, -0.05) is 13.0 Å². The van der Waals surface area contributed by atoms with Crippen LogP contribution in [0, 0.1) is 0 Å². The van der Waals surface area contributed by atoms with Gasteiger partial charge in [0.1, 0.15) is 6.10 Å². The maximum Gasteiger partial charge on any atom is 0.265 e. The molecule has 0 bridgehead atoms. The molecule has 0 aliphatic heterocycles. The second kappa shape index (κ2) is 4.72. The van der Waals surface area contributed by atoms with Crippen LogP contribution >= 0.6 is 0 Å². The van der Waals surface area contributed by atoms with Crippen LogP contribution in [0.5, 0.6) is 0 Å². The summed E-state index contributed by atoms with van der Waals surface area (Å²) in [6.45, 7) is 3.68. The van der Waals surface area contributed by atoms with Crippen LogP contribution in [0.25, 0.3) is 0 Å². The predicted octanol–water partition coefficient (Wildman–Crippen LogP) is 1.68. The first-order valence-corrected chi connectivity index (χ1v) is 6.57. The van der Waals surface area contributed by atoms with E-state index in [4.69, 9.17) is 4.18 Å². The van der Waals surface area contributed by atoms with Crippen LogP contribution in [-0.2, 0) is 20.7 Å². The molecule has 1 aromatic heterocycles. The third kappa shape index (κ3) is 3.60. The van der Waals surface area contributed by atoms with Gasteiger partial charge < -0.3 is 0 Å². The summed E-state index contributed by atoms with van der Waals surface area (Å²) in [5, 5.41) is 0. The Kier molecular flexibility index (Phi) is 3.82. The lowest BCUT2D eigenvalue weighted by atomic mass is 10.1. The Bertz CT molecular complexity index is 428. The van der Waals surface area contributed by atoms with E-state index in [2.05, 4.69) is 4.98 Å². The lowest BCUT2D eigenvalue weighted by Gasteiger charge is -2.13. The van der Waals surface area contributed by atoms with E-state index in [-0.39, 0.29) is 0 Å². The van der Waals surface area contributed by atoms with Gasteiger partial charge in [0.25, 0.3) is 10.1 Å². The first-order chi connectivity index (χ1) is 6.94. The summed E-state index contributed by atoms with van der Waals surface area (Å²) in [5.41, 5.74) is 1.69. The molecule has 15 heavy (non-hydrogen) atoms. The highest BCUT2D eigenvalue weighted by molar-refractivity contribution is 7.86. The zero-order chi connectivity index (χ0) is 11.5. The second-order valence-corrected chi connectivity index (χ2v) is 4.94. The first-order valence-electron chi connectivity index (χ1n) is 4.76. The van der Waals surface area contributed by atoms with Crippen molar-refractivity contribution in [1.29, 1.82) is 0 Å². The van der Waals surface area contributed by atoms with E-state index in [0.29, 0.717) is 5.69 Å². The number of aromatic nitrogens is 1. The van der Waals surface area contributed by atoms with Gasteiger partial charge in [0.05, 0.1) is 11.9 Å². The van der Waals surface area contributed by atoms with E-state index in [1.807, 2.05) is 19.1 Å². The number of nitrogens with zero attached hydrogens (tertiary/aromatic N) is 1. The van der Waals surface area contributed by atoms with E-state index in [0.717, 1.165) is 18.2 Å². The molecule has 0 aliphatic rings. The van der Waals surface area contributed by atoms with Crippen molar-refractivity contribution >= 4 is 10.1 Å².